The van der Waals surface area contributed by atoms with Crippen molar-refractivity contribution in [1.82, 2.24) is 5.32 Å². The van der Waals surface area contributed by atoms with Crippen molar-refractivity contribution in [2.75, 3.05) is 0 Å². The van der Waals surface area contributed by atoms with E-state index in [1.807, 2.05) is 0 Å². The van der Waals surface area contributed by atoms with Gasteiger partial charge in [0, 0.05) is 15.6 Å². The minimum Gasteiger partial charge on any atom is -0.481 e. The van der Waals surface area contributed by atoms with Gasteiger partial charge in [-0.25, -0.2) is 0 Å². The van der Waals surface area contributed by atoms with Gasteiger partial charge in [0.25, 0.3) is 5.91 Å². The van der Waals surface area contributed by atoms with Crippen LogP contribution >= 0.6 is 27.5 Å². The third-order valence-corrected chi connectivity index (χ3v) is 3.44. The van der Waals surface area contributed by atoms with E-state index in [0.717, 1.165) is 0 Å². The van der Waals surface area contributed by atoms with Crippen LogP contribution in [-0.2, 0) is 4.79 Å². The predicted molar refractivity (Wildman–Crippen MR) is 73.0 cm³/mol. The highest BCUT2D eigenvalue weighted by atomic mass is 79.9. The highest BCUT2D eigenvalue weighted by Gasteiger charge is 2.24. The third-order valence-electron chi connectivity index (χ3n) is 2.23. The second kappa shape index (κ2) is 5.71. The lowest BCUT2D eigenvalue weighted by atomic mass is 10.00. The standard InChI is InChI=1S/C12H13BrClNO3/c1-12(2,6-10(16)17)15-11(18)7-3-4-9(14)8(13)5-7/h3-5H,6H2,1-2H3,(H,15,18)(H,16,17). The summed E-state index contributed by atoms with van der Waals surface area (Å²) >= 11 is 9.06. The number of rotatable bonds is 4. The van der Waals surface area contributed by atoms with Gasteiger partial charge in [0.1, 0.15) is 0 Å². The molecule has 0 saturated heterocycles. The van der Waals surface area contributed by atoms with E-state index in [0.29, 0.717) is 15.1 Å². The Labute approximate surface area is 118 Å². The normalized spacial score (nSPS) is 11.1. The monoisotopic (exact) mass is 333 g/mol. The molecule has 0 bridgehead atoms. The van der Waals surface area contributed by atoms with Gasteiger partial charge >= 0.3 is 5.97 Å². The van der Waals surface area contributed by atoms with Crippen molar-refractivity contribution in [2.24, 2.45) is 0 Å². The molecule has 6 heteroatoms. The number of carbonyl (C=O) groups excluding carboxylic acids is 1. The molecule has 2 N–H and O–H groups in total. The minimum absolute atomic E-state index is 0.145. The molecule has 98 valence electrons. The molecule has 0 atom stereocenters. The first-order valence-electron chi connectivity index (χ1n) is 5.20. The molecule has 0 aliphatic heterocycles. The SMILES string of the molecule is CC(C)(CC(=O)O)NC(=O)c1ccc(Cl)c(Br)c1. The summed E-state index contributed by atoms with van der Waals surface area (Å²) in [4.78, 5) is 22.6. The summed E-state index contributed by atoms with van der Waals surface area (Å²) in [6, 6.07) is 4.78. The molecule has 0 aliphatic rings. The molecule has 0 heterocycles. The molecule has 0 saturated carbocycles. The van der Waals surface area contributed by atoms with E-state index in [1.165, 1.54) is 0 Å². The number of hydrogen-bond donors (Lipinski definition) is 2. The summed E-state index contributed by atoms with van der Waals surface area (Å²) in [5.74, 6) is -1.30. The molecule has 1 rings (SSSR count). The van der Waals surface area contributed by atoms with Crippen LogP contribution in [0, 0.1) is 0 Å². The molecular weight excluding hydrogens is 321 g/mol. The molecule has 0 aromatic heterocycles. The second-order valence-electron chi connectivity index (χ2n) is 4.54. The number of amides is 1. The molecule has 1 amide bonds. The Morgan fingerprint density at radius 2 is 2.06 bits per heavy atom. The Hall–Kier alpha value is -1.07. The molecule has 4 nitrogen and oxygen atoms in total. The van der Waals surface area contributed by atoms with Crippen LogP contribution in [0.2, 0.25) is 5.02 Å². The van der Waals surface area contributed by atoms with Gasteiger partial charge in [0.15, 0.2) is 0 Å². The van der Waals surface area contributed by atoms with Crippen LogP contribution in [0.15, 0.2) is 22.7 Å². The van der Waals surface area contributed by atoms with Crippen LogP contribution in [-0.4, -0.2) is 22.5 Å². The van der Waals surface area contributed by atoms with Crippen molar-refractivity contribution in [3.63, 3.8) is 0 Å². The highest BCUT2D eigenvalue weighted by Crippen LogP contribution is 2.23. The van der Waals surface area contributed by atoms with E-state index < -0.39 is 11.5 Å². The lowest BCUT2D eigenvalue weighted by Gasteiger charge is -2.24. The Morgan fingerprint density at radius 1 is 1.44 bits per heavy atom. The fourth-order valence-electron chi connectivity index (χ4n) is 1.44. The zero-order chi connectivity index (χ0) is 13.9. The largest absolute Gasteiger partial charge is 0.481 e. The van der Waals surface area contributed by atoms with Gasteiger partial charge < -0.3 is 10.4 Å². The van der Waals surface area contributed by atoms with Crippen molar-refractivity contribution in [3.8, 4) is 0 Å². The molecule has 0 fully saturated rings. The molecule has 0 radical (unpaired) electrons. The number of carboxylic acids is 1. The number of carbonyl (C=O) groups is 2. The summed E-state index contributed by atoms with van der Waals surface area (Å²) in [5.41, 5.74) is -0.389. The molecular formula is C12H13BrClNO3. The molecule has 18 heavy (non-hydrogen) atoms. The topological polar surface area (TPSA) is 66.4 Å². The van der Waals surface area contributed by atoms with Gasteiger partial charge in [-0.15, -0.1) is 0 Å². The summed E-state index contributed by atoms with van der Waals surface area (Å²) in [6.45, 7) is 3.31. The van der Waals surface area contributed by atoms with Crippen molar-refractivity contribution in [3.05, 3.63) is 33.3 Å². The number of benzene rings is 1. The van der Waals surface area contributed by atoms with Gasteiger partial charge in [0.2, 0.25) is 0 Å². The van der Waals surface area contributed by atoms with Crippen molar-refractivity contribution < 1.29 is 14.7 Å². The second-order valence-corrected chi connectivity index (χ2v) is 5.80. The maximum Gasteiger partial charge on any atom is 0.305 e. The Bertz CT molecular complexity index is 488. The number of hydrogen-bond acceptors (Lipinski definition) is 2. The van der Waals surface area contributed by atoms with E-state index in [-0.39, 0.29) is 12.3 Å². The van der Waals surface area contributed by atoms with E-state index >= 15 is 0 Å². The summed E-state index contributed by atoms with van der Waals surface area (Å²) < 4.78 is 0.618. The minimum atomic E-state index is -0.961. The number of aliphatic carboxylic acids is 1. The lowest BCUT2D eigenvalue weighted by Crippen LogP contribution is -2.44. The summed E-state index contributed by atoms with van der Waals surface area (Å²) in [6.07, 6.45) is -0.145. The van der Waals surface area contributed by atoms with E-state index in [2.05, 4.69) is 21.2 Å². The number of nitrogens with one attached hydrogen (secondary N) is 1. The zero-order valence-corrected chi connectivity index (χ0v) is 12.3. The Kier molecular flexibility index (Phi) is 4.76. The quantitative estimate of drug-likeness (QED) is 0.889. The van der Waals surface area contributed by atoms with Gasteiger partial charge in [-0.3, -0.25) is 9.59 Å². The fourth-order valence-corrected chi connectivity index (χ4v) is 1.94. The summed E-state index contributed by atoms with van der Waals surface area (Å²) in [5, 5.41) is 11.9. The first-order valence-corrected chi connectivity index (χ1v) is 6.38. The molecule has 1 aromatic carbocycles. The summed E-state index contributed by atoms with van der Waals surface area (Å²) in [7, 11) is 0. The van der Waals surface area contributed by atoms with E-state index in [4.69, 9.17) is 16.7 Å². The van der Waals surface area contributed by atoms with E-state index in [1.54, 1.807) is 32.0 Å². The van der Waals surface area contributed by atoms with Crippen LogP contribution in [0.25, 0.3) is 0 Å². The van der Waals surface area contributed by atoms with Gasteiger partial charge in [-0.1, -0.05) is 11.6 Å². The van der Waals surface area contributed by atoms with E-state index in [9.17, 15) is 9.59 Å². The maximum atomic E-state index is 11.9. The Balaban J connectivity index is 2.82. The van der Waals surface area contributed by atoms with Crippen LogP contribution in [0.1, 0.15) is 30.6 Å². The fraction of sp³-hybridized carbons (Fsp3) is 0.333. The molecule has 1 aromatic rings. The van der Waals surface area contributed by atoms with Crippen LogP contribution in [0.3, 0.4) is 0 Å². The maximum absolute atomic E-state index is 11.9. The van der Waals surface area contributed by atoms with Crippen LogP contribution in [0.5, 0.6) is 0 Å². The Morgan fingerprint density at radius 3 is 2.56 bits per heavy atom. The molecule has 0 spiro atoms. The van der Waals surface area contributed by atoms with Crippen molar-refractivity contribution in [2.45, 2.75) is 25.8 Å². The molecule has 0 aliphatic carbocycles. The van der Waals surface area contributed by atoms with Crippen LogP contribution in [0.4, 0.5) is 0 Å². The average Bonchev–Trinajstić information content (AvgIpc) is 2.19. The number of carboxylic acid groups (broad SMARTS) is 1. The third kappa shape index (κ3) is 4.31. The van der Waals surface area contributed by atoms with Gasteiger partial charge in [0.05, 0.1) is 11.4 Å². The molecule has 0 unspecified atom stereocenters. The number of halogens is 2. The first-order chi connectivity index (χ1) is 8.21. The van der Waals surface area contributed by atoms with Gasteiger partial charge in [-0.05, 0) is 48.0 Å². The zero-order valence-electron chi connectivity index (χ0n) is 9.96. The van der Waals surface area contributed by atoms with Crippen molar-refractivity contribution in [1.29, 1.82) is 0 Å². The average molecular weight is 335 g/mol. The predicted octanol–water partition coefficient (Wildman–Crippen LogP) is 3.09. The lowest BCUT2D eigenvalue weighted by molar-refractivity contribution is -0.138. The van der Waals surface area contributed by atoms with Crippen molar-refractivity contribution >= 4 is 39.4 Å². The smallest absolute Gasteiger partial charge is 0.305 e. The van der Waals surface area contributed by atoms with Crippen LogP contribution < -0.4 is 5.32 Å². The first kappa shape index (κ1) is 15.0. The highest BCUT2D eigenvalue weighted by molar-refractivity contribution is 9.10. The van der Waals surface area contributed by atoms with Gasteiger partial charge in [-0.2, -0.15) is 0 Å².